The predicted molar refractivity (Wildman–Crippen MR) is 64.1 cm³/mol. The molecule has 0 amide bonds. The number of aromatic hydroxyl groups is 1. The van der Waals surface area contributed by atoms with Crippen LogP contribution in [-0.2, 0) is 0 Å². The number of nitro groups is 2. The lowest BCUT2D eigenvalue weighted by Crippen LogP contribution is -2.35. The summed E-state index contributed by atoms with van der Waals surface area (Å²) in [5.74, 6) is -0.837. The molecule has 11 nitrogen and oxygen atoms in total. The van der Waals surface area contributed by atoms with E-state index >= 15 is 0 Å². The van der Waals surface area contributed by atoms with Gasteiger partial charge in [0.25, 0.3) is 11.6 Å². The van der Waals surface area contributed by atoms with Crippen LogP contribution in [-0.4, -0.2) is 27.2 Å². The van der Waals surface area contributed by atoms with E-state index in [1.807, 2.05) is 0 Å². The standard InChI is InChI=1S/C8H8N6O5/c9-8(12-14(18)19)11-10-4-5-3-6(13(16)17)1-2-7(5)15/h1-4,15H,(H3,9,11,12)/b10-4+. The number of nitrogens with one attached hydrogen (secondary N) is 1. The summed E-state index contributed by atoms with van der Waals surface area (Å²) < 4.78 is 0. The lowest BCUT2D eigenvalue weighted by molar-refractivity contribution is -0.525. The highest BCUT2D eigenvalue weighted by Crippen LogP contribution is 2.21. The van der Waals surface area contributed by atoms with E-state index in [0.29, 0.717) is 0 Å². The van der Waals surface area contributed by atoms with Crippen molar-refractivity contribution < 1.29 is 15.1 Å². The maximum atomic E-state index is 10.5. The van der Waals surface area contributed by atoms with Crippen molar-refractivity contribution in [1.29, 1.82) is 0 Å². The van der Waals surface area contributed by atoms with E-state index in [2.05, 4.69) is 10.2 Å². The summed E-state index contributed by atoms with van der Waals surface area (Å²) in [5.41, 5.74) is 6.38. The van der Waals surface area contributed by atoms with E-state index in [9.17, 15) is 25.3 Å². The number of phenols is 1. The summed E-state index contributed by atoms with van der Waals surface area (Å²) >= 11 is 0. The molecule has 1 aromatic rings. The molecular formula is C8H8N6O5. The summed E-state index contributed by atoms with van der Waals surface area (Å²) in [7, 11) is 0. The number of rotatable bonds is 4. The Bertz CT molecular complexity index is 569. The van der Waals surface area contributed by atoms with Gasteiger partial charge in [-0.2, -0.15) is 5.10 Å². The highest BCUT2D eigenvalue weighted by Gasteiger charge is 2.08. The molecule has 0 radical (unpaired) electrons. The molecule has 0 bridgehead atoms. The number of non-ortho nitro benzene ring substituents is 1. The van der Waals surface area contributed by atoms with Crippen molar-refractivity contribution in [3.63, 3.8) is 0 Å². The van der Waals surface area contributed by atoms with Crippen LogP contribution in [0.1, 0.15) is 5.56 Å². The first-order valence-corrected chi connectivity index (χ1v) is 4.65. The van der Waals surface area contributed by atoms with Crippen LogP contribution in [0.2, 0.25) is 0 Å². The van der Waals surface area contributed by atoms with Crippen LogP contribution in [0, 0.1) is 20.2 Å². The Morgan fingerprint density at radius 2 is 2.11 bits per heavy atom. The molecule has 1 rings (SSSR count). The molecular weight excluding hydrogens is 260 g/mol. The van der Waals surface area contributed by atoms with Gasteiger partial charge in [0.05, 0.1) is 11.1 Å². The molecule has 100 valence electrons. The summed E-state index contributed by atoms with van der Waals surface area (Å²) in [4.78, 5) is 19.8. The second-order valence-electron chi connectivity index (χ2n) is 3.10. The van der Waals surface area contributed by atoms with E-state index in [1.165, 1.54) is 5.43 Å². The third-order valence-electron chi connectivity index (χ3n) is 1.79. The average Bonchev–Trinajstić information content (AvgIpc) is 2.30. The Balaban J connectivity index is 2.90. The third kappa shape index (κ3) is 4.26. The number of hydrogen-bond acceptors (Lipinski definition) is 7. The number of nitrogens with two attached hydrogens (primary N) is 1. The van der Waals surface area contributed by atoms with Gasteiger partial charge in [0.15, 0.2) is 5.03 Å². The Kier molecular flexibility index (Phi) is 4.29. The molecule has 0 aliphatic carbocycles. The van der Waals surface area contributed by atoms with Crippen LogP contribution >= 0.6 is 0 Å². The molecule has 0 aliphatic rings. The van der Waals surface area contributed by atoms with Gasteiger partial charge in [-0.1, -0.05) is 5.43 Å². The SMILES string of the molecule is NC(=N/N=C/c1cc([N+](=O)[O-])ccc1O)N[N+](=O)[O-]. The zero-order valence-electron chi connectivity index (χ0n) is 9.26. The zero-order chi connectivity index (χ0) is 14.4. The van der Waals surface area contributed by atoms with Crippen molar-refractivity contribution in [2.24, 2.45) is 15.9 Å². The molecule has 11 heteroatoms. The van der Waals surface area contributed by atoms with Gasteiger partial charge in [0.1, 0.15) is 5.75 Å². The van der Waals surface area contributed by atoms with Gasteiger partial charge in [-0.05, 0) is 6.07 Å². The molecule has 0 unspecified atom stereocenters. The molecule has 0 aliphatic heterocycles. The smallest absolute Gasteiger partial charge is 0.275 e. The average molecular weight is 268 g/mol. The Morgan fingerprint density at radius 1 is 1.42 bits per heavy atom. The van der Waals surface area contributed by atoms with E-state index in [1.54, 1.807) is 0 Å². The number of hydrazine groups is 1. The summed E-state index contributed by atoms with van der Waals surface area (Å²) in [5, 5.41) is 35.5. The van der Waals surface area contributed by atoms with Gasteiger partial charge < -0.3 is 10.8 Å². The van der Waals surface area contributed by atoms with Gasteiger partial charge >= 0.3 is 0 Å². The fraction of sp³-hybridized carbons (Fsp3) is 0. The van der Waals surface area contributed by atoms with Crippen molar-refractivity contribution in [1.82, 2.24) is 5.43 Å². The second-order valence-corrected chi connectivity index (χ2v) is 3.10. The fourth-order valence-corrected chi connectivity index (χ4v) is 1.03. The Labute approximate surface area is 105 Å². The topological polar surface area (TPSA) is 169 Å². The van der Waals surface area contributed by atoms with Gasteiger partial charge in [-0.25, -0.2) is 10.1 Å². The van der Waals surface area contributed by atoms with Gasteiger partial charge in [0, 0.05) is 17.7 Å². The number of benzene rings is 1. The van der Waals surface area contributed by atoms with E-state index in [-0.39, 0.29) is 17.0 Å². The quantitative estimate of drug-likeness (QED) is 0.292. The van der Waals surface area contributed by atoms with E-state index in [4.69, 9.17) is 5.73 Å². The van der Waals surface area contributed by atoms with Crippen LogP contribution in [0.5, 0.6) is 5.75 Å². The molecule has 0 atom stereocenters. The lowest BCUT2D eigenvalue weighted by Gasteiger charge is -1.97. The third-order valence-corrected chi connectivity index (χ3v) is 1.79. The van der Waals surface area contributed by atoms with Gasteiger partial charge in [-0.15, -0.1) is 5.10 Å². The number of phenolic OH excluding ortho intramolecular Hbond substituents is 1. The second kappa shape index (κ2) is 5.90. The predicted octanol–water partition coefficient (Wildman–Crippen LogP) is -0.270. The zero-order valence-corrected chi connectivity index (χ0v) is 9.26. The molecule has 0 saturated heterocycles. The molecule has 0 fully saturated rings. The van der Waals surface area contributed by atoms with Crippen molar-refractivity contribution in [3.05, 3.63) is 44.0 Å². The first-order chi connectivity index (χ1) is 8.90. The number of guanidine groups is 1. The highest BCUT2D eigenvalue weighted by molar-refractivity contribution is 5.85. The summed E-state index contributed by atoms with van der Waals surface area (Å²) in [6.45, 7) is 0. The summed E-state index contributed by atoms with van der Waals surface area (Å²) in [6.07, 6.45) is 0.969. The number of nitrogens with zero attached hydrogens (tertiary/aromatic N) is 4. The fourth-order valence-electron chi connectivity index (χ4n) is 1.03. The highest BCUT2D eigenvalue weighted by atomic mass is 16.7. The largest absolute Gasteiger partial charge is 0.507 e. The Morgan fingerprint density at radius 3 is 2.68 bits per heavy atom. The molecule has 19 heavy (non-hydrogen) atoms. The molecule has 4 N–H and O–H groups in total. The minimum absolute atomic E-state index is 0.0202. The molecule has 0 saturated carbocycles. The van der Waals surface area contributed by atoms with Crippen LogP contribution in [0.4, 0.5) is 5.69 Å². The number of hydrogen-bond donors (Lipinski definition) is 3. The van der Waals surface area contributed by atoms with Gasteiger partial charge in [0.2, 0.25) is 0 Å². The normalized spacial score (nSPS) is 11.5. The molecule has 0 spiro atoms. The molecule has 1 aromatic carbocycles. The van der Waals surface area contributed by atoms with Crippen LogP contribution in [0.3, 0.4) is 0 Å². The van der Waals surface area contributed by atoms with Gasteiger partial charge in [-0.3, -0.25) is 10.1 Å². The maximum Gasteiger partial charge on any atom is 0.275 e. The van der Waals surface area contributed by atoms with Crippen molar-refractivity contribution in [2.75, 3.05) is 0 Å². The molecule has 0 aromatic heterocycles. The molecule has 0 heterocycles. The number of nitro benzene ring substituents is 1. The van der Waals surface area contributed by atoms with Crippen LogP contribution in [0.25, 0.3) is 0 Å². The maximum absolute atomic E-state index is 10.5. The lowest BCUT2D eigenvalue weighted by atomic mass is 10.2. The van der Waals surface area contributed by atoms with Crippen LogP contribution in [0.15, 0.2) is 28.4 Å². The minimum atomic E-state index is -0.931. The van der Waals surface area contributed by atoms with E-state index < -0.39 is 15.9 Å². The van der Waals surface area contributed by atoms with Crippen molar-refractivity contribution >= 4 is 17.9 Å². The van der Waals surface area contributed by atoms with Crippen molar-refractivity contribution in [2.45, 2.75) is 0 Å². The van der Waals surface area contributed by atoms with Crippen LogP contribution < -0.4 is 11.2 Å². The van der Waals surface area contributed by atoms with E-state index in [0.717, 1.165) is 24.4 Å². The van der Waals surface area contributed by atoms with Crippen molar-refractivity contribution in [3.8, 4) is 5.75 Å². The first kappa shape index (κ1) is 13.8. The first-order valence-electron chi connectivity index (χ1n) is 4.65. The monoisotopic (exact) mass is 268 g/mol. The Hall–Kier alpha value is -3.24. The minimum Gasteiger partial charge on any atom is -0.507 e. The summed E-state index contributed by atoms with van der Waals surface area (Å²) in [6, 6.07) is 3.28.